The fourth-order valence-electron chi connectivity index (χ4n) is 4.19. The van der Waals surface area contributed by atoms with E-state index >= 15 is 0 Å². The first-order chi connectivity index (χ1) is 10.8. The third-order valence-corrected chi connectivity index (χ3v) is 5.73. The highest BCUT2D eigenvalue weighted by atomic mass is 16.1. The van der Waals surface area contributed by atoms with Crippen molar-refractivity contribution >= 4 is 11.4 Å². The van der Waals surface area contributed by atoms with Gasteiger partial charge in [-0.05, 0) is 52.4 Å². The monoisotopic (exact) mass is 310 g/mol. The van der Waals surface area contributed by atoms with Crippen LogP contribution in [0.5, 0.6) is 0 Å². The van der Waals surface area contributed by atoms with Gasteiger partial charge in [-0.2, -0.15) is 0 Å². The molecule has 1 aromatic carbocycles. The van der Waals surface area contributed by atoms with Gasteiger partial charge in [-0.25, -0.2) is 0 Å². The first kappa shape index (κ1) is 16.5. The van der Waals surface area contributed by atoms with Crippen LogP contribution in [-0.2, 0) is 10.2 Å². The predicted molar refractivity (Wildman–Crippen MR) is 97.7 cm³/mol. The molecule has 3 rings (SSSR count). The van der Waals surface area contributed by atoms with Gasteiger partial charge in [-0.1, -0.05) is 65.3 Å². The Bertz CT molecular complexity index is 648. The minimum absolute atomic E-state index is 0.210. The Morgan fingerprint density at radius 2 is 1.96 bits per heavy atom. The molecule has 2 aliphatic carbocycles. The maximum Gasteiger partial charge on any atom is 0.137 e. The van der Waals surface area contributed by atoms with Gasteiger partial charge in [0.15, 0.2) is 0 Å². The van der Waals surface area contributed by atoms with Crippen molar-refractivity contribution in [1.82, 2.24) is 0 Å². The fourth-order valence-corrected chi connectivity index (χ4v) is 4.19. The van der Waals surface area contributed by atoms with Gasteiger partial charge in [0, 0.05) is 12.3 Å². The summed E-state index contributed by atoms with van der Waals surface area (Å²) in [5.41, 5.74) is 5.99. The van der Waals surface area contributed by atoms with E-state index in [4.69, 9.17) is 0 Å². The van der Waals surface area contributed by atoms with Crippen LogP contribution in [0, 0.1) is 11.8 Å². The molecule has 0 aromatic heterocycles. The summed E-state index contributed by atoms with van der Waals surface area (Å²) in [6.45, 7) is 11.5. The van der Waals surface area contributed by atoms with Gasteiger partial charge < -0.3 is 0 Å². The molecule has 0 heterocycles. The Morgan fingerprint density at radius 1 is 1.26 bits per heavy atom. The summed E-state index contributed by atoms with van der Waals surface area (Å²) in [5.74, 6) is 1.72. The van der Waals surface area contributed by atoms with E-state index in [0.717, 1.165) is 25.7 Å². The average molecular weight is 310 g/mol. The number of hydrogen-bond acceptors (Lipinski definition) is 1. The van der Waals surface area contributed by atoms with Crippen molar-refractivity contribution in [3.05, 3.63) is 41.0 Å². The Balaban J connectivity index is 2.04. The van der Waals surface area contributed by atoms with Crippen LogP contribution in [0.25, 0.3) is 5.57 Å². The molecule has 23 heavy (non-hydrogen) atoms. The van der Waals surface area contributed by atoms with Crippen LogP contribution in [0.3, 0.4) is 0 Å². The molecule has 1 unspecified atom stereocenters. The van der Waals surface area contributed by atoms with E-state index in [1.165, 1.54) is 22.3 Å². The molecule has 0 N–H and O–H groups in total. The van der Waals surface area contributed by atoms with Crippen LogP contribution in [0.15, 0.2) is 24.3 Å². The number of benzene rings is 1. The molecule has 0 radical (unpaired) electrons. The lowest BCUT2D eigenvalue weighted by atomic mass is 9.70. The van der Waals surface area contributed by atoms with E-state index in [1.54, 1.807) is 0 Å². The molecule has 2 aliphatic rings. The van der Waals surface area contributed by atoms with E-state index in [9.17, 15) is 4.79 Å². The molecule has 0 spiro atoms. The van der Waals surface area contributed by atoms with Crippen LogP contribution < -0.4 is 0 Å². The summed E-state index contributed by atoms with van der Waals surface area (Å²) in [6.07, 6.45) is 6.61. The Labute approximate surface area is 141 Å². The minimum atomic E-state index is 0.210. The number of fused-ring (bicyclic) bond motifs is 1. The van der Waals surface area contributed by atoms with Gasteiger partial charge in [-0.3, -0.25) is 4.79 Å². The molecule has 1 aromatic rings. The van der Waals surface area contributed by atoms with Crippen molar-refractivity contribution in [2.45, 2.75) is 71.6 Å². The molecule has 1 saturated carbocycles. The quantitative estimate of drug-likeness (QED) is 0.663. The van der Waals surface area contributed by atoms with Gasteiger partial charge in [0.25, 0.3) is 0 Å². The van der Waals surface area contributed by atoms with Crippen molar-refractivity contribution < 1.29 is 4.79 Å². The number of carbonyl (C=O) groups excluding carboxylic acids is 1. The number of Topliss-reactive ketones (excluding diaryl/α,β-unsaturated/α-hetero) is 1. The SMILES string of the molecule is CCCC(c1ccc2c(c1)C(C(C)C)=CCC2(C)C)[C@@H]1CC1=O. The number of carbonyl (C=O) groups is 1. The smallest absolute Gasteiger partial charge is 0.137 e. The largest absolute Gasteiger partial charge is 0.299 e. The van der Waals surface area contributed by atoms with E-state index < -0.39 is 0 Å². The second-order valence-electron chi connectivity index (χ2n) is 8.38. The lowest BCUT2D eigenvalue weighted by Crippen LogP contribution is -2.23. The predicted octanol–water partition coefficient (Wildman–Crippen LogP) is 5.88. The van der Waals surface area contributed by atoms with Crippen LogP contribution >= 0.6 is 0 Å². The van der Waals surface area contributed by atoms with E-state index in [2.05, 4.69) is 58.9 Å². The number of rotatable bonds is 5. The third kappa shape index (κ3) is 3.03. The first-order valence-electron chi connectivity index (χ1n) is 9.22. The zero-order valence-electron chi connectivity index (χ0n) is 15.3. The van der Waals surface area contributed by atoms with E-state index in [0.29, 0.717) is 17.6 Å². The zero-order chi connectivity index (χ0) is 16.8. The fraction of sp³-hybridized carbons (Fsp3) is 0.591. The topological polar surface area (TPSA) is 17.1 Å². The number of ketones is 1. The highest BCUT2D eigenvalue weighted by molar-refractivity contribution is 5.97. The highest BCUT2D eigenvalue weighted by Gasteiger charge is 2.42. The summed E-state index contributed by atoms with van der Waals surface area (Å²) in [5, 5.41) is 0. The van der Waals surface area contributed by atoms with Crippen LogP contribution in [-0.4, -0.2) is 5.78 Å². The van der Waals surface area contributed by atoms with Gasteiger partial charge >= 0.3 is 0 Å². The van der Waals surface area contributed by atoms with Crippen LogP contribution in [0.4, 0.5) is 0 Å². The van der Waals surface area contributed by atoms with Crippen molar-refractivity contribution in [1.29, 1.82) is 0 Å². The average Bonchev–Trinajstić information content (AvgIpc) is 3.20. The Hall–Kier alpha value is -1.37. The summed E-state index contributed by atoms with van der Waals surface area (Å²) in [4.78, 5) is 11.7. The molecule has 2 atom stereocenters. The Kier molecular flexibility index (Phi) is 4.25. The Morgan fingerprint density at radius 3 is 2.52 bits per heavy atom. The summed E-state index contributed by atoms with van der Waals surface area (Å²) in [7, 11) is 0. The van der Waals surface area contributed by atoms with Crippen molar-refractivity contribution in [3.8, 4) is 0 Å². The standard InChI is InChI=1S/C22H30O/c1-6-7-17(19-13-21(19)23)15-8-9-20-18(12-15)16(14(2)3)10-11-22(20,4)5/h8-10,12,14,17,19H,6-7,11,13H2,1-5H3/t17?,19-/m0/s1. The third-order valence-electron chi connectivity index (χ3n) is 5.73. The highest BCUT2D eigenvalue weighted by Crippen LogP contribution is 2.46. The maximum atomic E-state index is 11.7. The zero-order valence-corrected chi connectivity index (χ0v) is 15.3. The second kappa shape index (κ2) is 5.92. The molecule has 0 aliphatic heterocycles. The summed E-state index contributed by atoms with van der Waals surface area (Å²) in [6, 6.07) is 7.05. The van der Waals surface area contributed by atoms with Crippen molar-refractivity contribution in [3.63, 3.8) is 0 Å². The van der Waals surface area contributed by atoms with Crippen LogP contribution in [0.2, 0.25) is 0 Å². The molecule has 0 bridgehead atoms. The molecule has 1 fully saturated rings. The normalized spacial score (nSPS) is 23.5. The molecule has 0 amide bonds. The van der Waals surface area contributed by atoms with Crippen molar-refractivity contribution in [2.75, 3.05) is 0 Å². The number of allylic oxidation sites excluding steroid dienone is 2. The first-order valence-corrected chi connectivity index (χ1v) is 9.22. The number of hydrogen-bond donors (Lipinski definition) is 0. The molecule has 0 saturated heterocycles. The van der Waals surface area contributed by atoms with Gasteiger partial charge in [-0.15, -0.1) is 0 Å². The van der Waals surface area contributed by atoms with Gasteiger partial charge in [0.1, 0.15) is 5.78 Å². The maximum absolute atomic E-state index is 11.7. The summed E-state index contributed by atoms with van der Waals surface area (Å²) < 4.78 is 0. The van der Waals surface area contributed by atoms with Gasteiger partial charge in [0.2, 0.25) is 0 Å². The molecule has 124 valence electrons. The molecular weight excluding hydrogens is 280 g/mol. The van der Waals surface area contributed by atoms with E-state index in [-0.39, 0.29) is 11.3 Å². The molecule has 1 nitrogen and oxygen atoms in total. The minimum Gasteiger partial charge on any atom is -0.299 e. The van der Waals surface area contributed by atoms with Crippen LogP contribution in [0.1, 0.15) is 82.9 Å². The second-order valence-corrected chi connectivity index (χ2v) is 8.38. The van der Waals surface area contributed by atoms with Crippen molar-refractivity contribution in [2.24, 2.45) is 11.8 Å². The lowest BCUT2D eigenvalue weighted by Gasteiger charge is -2.34. The van der Waals surface area contributed by atoms with Gasteiger partial charge in [0.05, 0.1) is 0 Å². The molecule has 1 heteroatoms. The lowest BCUT2D eigenvalue weighted by molar-refractivity contribution is -0.111. The summed E-state index contributed by atoms with van der Waals surface area (Å²) >= 11 is 0. The van der Waals surface area contributed by atoms with E-state index in [1.807, 2.05) is 0 Å². The molecular formula is C22H30O.